The van der Waals surface area contributed by atoms with Crippen LogP contribution in [0, 0.1) is 0 Å². The van der Waals surface area contributed by atoms with Crippen molar-refractivity contribution in [2.75, 3.05) is 6.61 Å². The van der Waals surface area contributed by atoms with Crippen molar-refractivity contribution < 1.29 is 14.9 Å². The first kappa shape index (κ1) is 19.3. The van der Waals surface area contributed by atoms with Gasteiger partial charge in [0.15, 0.2) is 0 Å². The van der Waals surface area contributed by atoms with E-state index in [9.17, 15) is 10.2 Å². The van der Waals surface area contributed by atoms with E-state index >= 15 is 0 Å². The zero-order valence-electron chi connectivity index (χ0n) is 15.1. The molecule has 0 saturated carbocycles. The van der Waals surface area contributed by atoms with Crippen LogP contribution in [0.5, 0.6) is 5.75 Å². The lowest BCUT2D eigenvalue weighted by atomic mass is 10.0. The molecule has 0 spiro atoms. The Morgan fingerprint density at radius 2 is 2.00 bits per heavy atom. The van der Waals surface area contributed by atoms with Gasteiger partial charge in [-0.15, -0.1) is 11.8 Å². The molecule has 4 heteroatoms. The molecule has 1 aliphatic heterocycles. The number of benzene rings is 1. The third kappa shape index (κ3) is 5.76. The second-order valence-electron chi connectivity index (χ2n) is 6.88. The van der Waals surface area contributed by atoms with Gasteiger partial charge in [-0.3, -0.25) is 0 Å². The predicted molar refractivity (Wildman–Crippen MR) is 108 cm³/mol. The molecule has 2 aliphatic rings. The van der Waals surface area contributed by atoms with E-state index < -0.39 is 6.10 Å². The van der Waals surface area contributed by atoms with Gasteiger partial charge < -0.3 is 14.9 Å². The highest BCUT2D eigenvalue weighted by Gasteiger charge is 2.29. The molecule has 1 saturated heterocycles. The summed E-state index contributed by atoms with van der Waals surface area (Å²) in [5.41, 5.74) is 2.51. The molecule has 1 aliphatic carbocycles. The first-order valence-corrected chi connectivity index (χ1v) is 10.4. The fourth-order valence-corrected chi connectivity index (χ4v) is 4.74. The van der Waals surface area contributed by atoms with Gasteiger partial charge in [0.1, 0.15) is 11.2 Å². The summed E-state index contributed by atoms with van der Waals surface area (Å²) in [7, 11) is 0. The van der Waals surface area contributed by atoms with Crippen molar-refractivity contribution in [1.82, 2.24) is 0 Å². The fourth-order valence-electron chi connectivity index (χ4n) is 3.40. The lowest BCUT2D eigenvalue weighted by Gasteiger charge is -2.31. The number of rotatable bonds is 7. The van der Waals surface area contributed by atoms with E-state index in [0.29, 0.717) is 12.8 Å². The minimum absolute atomic E-state index is 0.0542. The van der Waals surface area contributed by atoms with Crippen LogP contribution in [-0.4, -0.2) is 33.6 Å². The molecule has 3 atom stereocenters. The maximum Gasteiger partial charge on any atom is 0.147 e. The monoisotopic (exact) mass is 372 g/mol. The van der Waals surface area contributed by atoms with Gasteiger partial charge in [0.2, 0.25) is 0 Å². The van der Waals surface area contributed by atoms with Gasteiger partial charge in [-0.05, 0) is 43.7 Å². The maximum absolute atomic E-state index is 10.0. The van der Waals surface area contributed by atoms with Crippen LogP contribution < -0.4 is 4.74 Å². The van der Waals surface area contributed by atoms with Crippen molar-refractivity contribution in [3.05, 3.63) is 65.8 Å². The van der Waals surface area contributed by atoms with Crippen molar-refractivity contribution in [3.63, 3.8) is 0 Å². The number of hydrogen-bond donors (Lipinski definition) is 2. The smallest absolute Gasteiger partial charge is 0.147 e. The minimum atomic E-state index is -0.395. The highest BCUT2D eigenvalue weighted by Crippen LogP contribution is 2.34. The number of aliphatic hydroxyl groups is 2. The van der Waals surface area contributed by atoms with Gasteiger partial charge in [0.05, 0.1) is 12.7 Å². The lowest BCUT2D eigenvalue weighted by Crippen LogP contribution is -2.33. The largest absolute Gasteiger partial charge is 0.479 e. The summed E-state index contributed by atoms with van der Waals surface area (Å²) in [6.07, 6.45) is 15.8. The van der Waals surface area contributed by atoms with Crippen LogP contribution in [0.3, 0.4) is 0 Å². The van der Waals surface area contributed by atoms with Crippen LogP contribution in [0.25, 0.3) is 0 Å². The molecule has 1 fully saturated rings. The van der Waals surface area contributed by atoms with Crippen molar-refractivity contribution in [2.45, 2.75) is 55.3 Å². The molecule has 26 heavy (non-hydrogen) atoms. The van der Waals surface area contributed by atoms with Crippen molar-refractivity contribution >= 4 is 11.8 Å². The Labute approximate surface area is 160 Å². The lowest BCUT2D eigenvalue weighted by molar-refractivity contribution is 0.104. The van der Waals surface area contributed by atoms with Crippen LogP contribution in [0.1, 0.15) is 37.7 Å². The van der Waals surface area contributed by atoms with Crippen LogP contribution in [0.4, 0.5) is 0 Å². The van der Waals surface area contributed by atoms with Gasteiger partial charge in [-0.2, -0.15) is 0 Å². The second-order valence-corrected chi connectivity index (χ2v) is 8.34. The summed E-state index contributed by atoms with van der Waals surface area (Å²) in [5.74, 6) is 0.905. The Morgan fingerprint density at radius 1 is 1.12 bits per heavy atom. The highest BCUT2D eigenvalue weighted by molar-refractivity contribution is 8.00. The molecular formula is C22H28O3S. The molecule has 0 bridgehead atoms. The zero-order valence-corrected chi connectivity index (χ0v) is 15.9. The van der Waals surface area contributed by atoms with E-state index in [2.05, 4.69) is 42.5 Å². The molecule has 1 aromatic rings. The molecule has 0 aromatic heterocycles. The standard InChI is InChI=1S/C22H28O3S/c23-16-20-14-19(24)15-22(26-20)25-21-13-6-5-11-18(21)12-7-10-17-8-3-1-2-4-9-17/h1-3,5-6,8-9,11,13,19-20,22-24H,4,7,10,12,14-16H2. The molecule has 3 unspecified atom stereocenters. The number of aryl methyl sites for hydroxylation is 1. The summed E-state index contributed by atoms with van der Waals surface area (Å²) in [4.78, 5) is 0. The first-order valence-electron chi connectivity index (χ1n) is 9.46. The van der Waals surface area contributed by atoms with E-state index in [1.54, 1.807) is 11.8 Å². The molecule has 1 heterocycles. The van der Waals surface area contributed by atoms with Gasteiger partial charge in [0.25, 0.3) is 0 Å². The quantitative estimate of drug-likeness (QED) is 0.744. The van der Waals surface area contributed by atoms with E-state index in [0.717, 1.165) is 31.4 Å². The maximum atomic E-state index is 10.0. The second kappa shape index (κ2) is 10.0. The summed E-state index contributed by atoms with van der Waals surface area (Å²) in [6.45, 7) is 0.0840. The summed E-state index contributed by atoms with van der Waals surface area (Å²) in [6, 6.07) is 8.19. The van der Waals surface area contributed by atoms with Crippen LogP contribution in [-0.2, 0) is 6.42 Å². The minimum Gasteiger partial charge on any atom is -0.479 e. The molecule has 0 radical (unpaired) electrons. The number of thioether (sulfide) groups is 1. The van der Waals surface area contributed by atoms with E-state index in [1.807, 2.05) is 12.1 Å². The summed E-state index contributed by atoms with van der Waals surface area (Å²) in [5, 5.41) is 19.5. The van der Waals surface area contributed by atoms with Crippen LogP contribution >= 0.6 is 11.8 Å². The summed E-state index contributed by atoms with van der Waals surface area (Å²) < 4.78 is 6.20. The van der Waals surface area contributed by atoms with E-state index in [4.69, 9.17) is 4.74 Å². The Hall–Kier alpha value is -1.49. The third-order valence-corrected chi connectivity index (χ3v) is 6.08. The Kier molecular flexibility index (Phi) is 7.42. The molecule has 140 valence electrons. The normalized spacial score (nSPS) is 25.6. The van der Waals surface area contributed by atoms with Gasteiger partial charge >= 0.3 is 0 Å². The van der Waals surface area contributed by atoms with E-state index in [1.165, 1.54) is 11.1 Å². The number of para-hydroxylation sites is 1. The molecule has 0 amide bonds. The highest BCUT2D eigenvalue weighted by atomic mass is 32.2. The fraction of sp³-hybridized carbons (Fsp3) is 0.455. The van der Waals surface area contributed by atoms with Gasteiger partial charge in [0, 0.05) is 11.7 Å². The average molecular weight is 373 g/mol. The Morgan fingerprint density at radius 3 is 2.88 bits per heavy atom. The topological polar surface area (TPSA) is 49.7 Å². The molecular weight excluding hydrogens is 344 g/mol. The molecule has 3 nitrogen and oxygen atoms in total. The molecule has 1 aromatic carbocycles. The van der Waals surface area contributed by atoms with E-state index in [-0.39, 0.29) is 17.3 Å². The number of aliphatic hydroxyl groups excluding tert-OH is 2. The summed E-state index contributed by atoms with van der Waals surface area (Å²) >= 11 is 1.63. The van der Waals surface area contributed by atoms with Crippen molar-refractivity contribution in [1.29, 1.82) is 0 Å². The number of hydrogen-bond acceptors (Lipinski definition) is 4. The van der Waals surface area contributed by atoms with Gasteiger partial charge in [-0.25, -0.2) is 0 Å². The zero-order chi connectivity index (χ0) is 18.2. The molecule has 2 N–H and O–H groups in total. The Balaban J connectivity index is 1.56. The van der Waals surface area contributed by atoms with Crippen molar-refractivity contribution in [3.8, 4) is 5.75 Å². The van der Waals surface area contributed by atoms with Crippen molar-refractivity contribution in [2.24, 2.45) is 0 Å². The number of allylic oxidation sites excluding steroid dienone is 6. The van der Waals surface area contributed by atoms with Crippen LogP contribution in [0.15, 0.2) is 60.2 Å². The number of ether oxygens (including phenoxy) is 1. The van der Waals surface area contributed by atoms with Crippen LogP contribution in [0.2, 0.25) is 0 Å². The average Bonchev–Trinajstić information content (AvgIpc) is 2.91. The Bertz CT molecular complexity index is 665. The third-order valence-electron chi connectivity index (χ3n) is 4.76. The van der Waals surface area contributed by atoms with Gasteiger partial charge in [-0.1, -0.05) is 54.2 Å². The predicted octanol–water partition coefficient (Wildman–Crippen LogP) is 4.41. The SMILES string of the molecule is OCC1CC(O)CC(Oc2ccccc2CCCC2=CCC=CC=C2)S1. The first-order chi connectivity index (χ1) is 12.7. The molecule has 3 rings (SSSR count).